The fourth-order valence-electron chi connectivity index (χ4n) is 4.33. The third kappa shape index (κ3) is 5.78. The number of para-hydroxylation sites is 2. The summed E-state index contributed by atoms with van der Waals surface area (Å²) in [5.74, 6) is 2.18. The Kier molecular flexibility index (Phi) is 6.77. The summed E-state index contributed by atoms with van der Waals surface area (Å²) < 4.78 is 13.0. The van der Waals surface area contributed by atoms with Crippen LogP contribution in [-0.2, 0) is 11.3 Å². The van der Waals surface area contributed by atoms with Crippen molar-refractivity contribution in [3.63, 3.8) is 0 Å². The van der Waals surface area contributed by atoms with E-state index in [1.54, 1.807) is 7.11 Å². The van der Waals surface area contributed by atoms with E-state index in [1.165, 1.54) is 5.56 Å². The maximum Gasteiger partial charge on any atom is 0.407 e. The molecule has 7 heteroatoms. The molecule has 1 aliphatic heterocycles. The number of piperidine rings is 1. The molecule has 7 nitrogen and oxygen atoms in total. The predicted octanol–water partition coefficient (Wildman–Crippen LogP) is 4.83. The predicted molar refractivity (Wildman–Crippen MR) is 131 cm³/mol. The molecule has 1 amide bonds. The number of methoxy groups -OCH3 is 1. The lowest BCUT2D eigenvalue weighted by Crippen LogP contribution is -2.43. The van der Waals surface area contributed by atoms with Crippen LogP contribution in [0.5, 0.6) is 5.75 Å². The lowest BCUT2D eigenvalue weighted by Gasteiger charge is -2.34. The van der Waals surface area contributed by atoms with Crippen molar-refractivity contribution in [3.8, 4) is 5.75 Å². The summed E-state index contributed by atoms with van der Waals surface area (Å²) in [4.78, 5) is 19.5. The van der Waals surface area contributed by atoms with Gasteiger partial charge in [0.2, 0.25) is 5.95 Å². The van der Waals surface area contributed by atoms with Gasteiger partial charge >= 0.3 is 6.09 Å². The largest absolute Gasteiger partial charge is 0.497 e. The number of hydrogen-bond donors (Lipinski definition) is 1. The van der Waals surface area contributed by atoms with E-state index in [0.29, 0.717) is 12.5 Å². The van der Waals surface area contributed by atoms with Crippen LogP contribution in [0, 0.1) is 5.92 Å². The van der Waals surface area contributed by atoms with E-state index in [0.717, 1.165) is 55.2 Å². The first-order chi connectivity index (χ1) is 15.8. The number of anilines is 1. The van der Waals surface area contributed by atoms with Gasteiger partial charge in [-0.25, -0.2) is 9.78 Å². The first-order valence-electron chi connectivity index (χ1n) is 11.6. The van der Waals surface area contributed by atoms with E-state index in [1.807, 2.05) is 39.0 Å². The highest BCUT2D eigenvalue weighted by Crippen LogP contribution is 2.28. The molecule has 0 aliphatic carbocycles. The first-order valence-corrected chi connectivity index (χ1v) is 11.6. The van der Waals surface area contributed by atoms with Gasteiger partial charge in [0.05, 0.1) is 24.7 Å². The van der Waals surface area contributed by atoms with Gasteiger partial charge in [-0.15, -0.1) is 0 Å². The van der Waals surface area contributed by atoms with Crippen LogP contribution >= 0.6 is 0 Å². The molecule has 1 N–H and O–H groups in total. The maximum absolute atomic E-state index is 12.1. The number of alkyl carbamates (subject to hydrolysis) is 1. The van der Waals surface area contributed by atoms with Crippen LogP contribution in [-0.4, -0.2) is 48.0 Å². The first kappa shape index (κ1) is 23.0. The summed E-state index contributed by atoms with van der Waals surface area (Å²) >= 11 is 0. The summed E-state index contributed by atoms with van der Waals surface area (Å²) in [7, 11) is 1.68. The fraction of sp³-hybridized carbons (Fsp3) is 0.462. The summed E-state index contributed by atoms with van der Waals surface area (Å²) in [6.07, 6.45) is 1.78. The quantitative estimate of drug-likeness (QED) is 0.582. The number of benzene rings is 2. The Bertz CT molecular complexity index is 1090. The van der Waals surface area contributed by atoms with Crippen LogP contribution in [0.2, 0.25) is 0 Å². The van der Waals surface area contributed by atoms with Crippen molar-refractivity contribution in [3.05, 3.63) is 54.1 Å². The zero-order chi connectivity index (χ0) is 23.4. The van der Waals surface area contributed by atoms with Crippen LogP contribution in [0.25, 0.3) is 11.0 Å². The van der Waals surface area contributed by atoms with Gasteiger partial charge in [0.25, 0.3) is 0 Å². The van der Waals surface area contributed by atoms with Crippen molar-refractivity contribution in [2.24, 2.45) is 5.92 Å². The lowest BCUT2D eigenvalue weighted by atomic mass is 9.98. The normalized spacial score (nSPS) is 16.6. The highest BCUT2D eigenvalue weighted by Gasteiger charge is 2.25. The second kappa shape index (κ2) is 9.73. The summed E-state index contributed by atoms with van der Waals surface area (Å²) in [6, 6.07) is 16.5. The molecule has 33 heavy (non-hydrogen) atoms. The van der Waals surface area contributed by atoms with Crippen molar-refractivity contribution < 1.29 is 14.3 Å². The molecule has 1 fully saturated rings. The Morgan fingerprint density at radius 1 is 1.15 bits per heavy atom. The molecule has 1 aromatic heterocycles. The van der Waals surface area contributed by atoms with E-state index >= 15 is 0 Å². The van der Waals surface area contributed by atoms with Crippen molar-refractivity contribution in [2.45, 2.75) is 45.8 Å². The average molecular weight is 451 g/mol. The number of nitrogens with one attached hydrogen (secondary N) is 1. The SMILES string of the molecule is COc1ccc(Cn2c(N3CCCC(CNC(=O)OC(C)(C)C)C3)nc3ccccc32)cc1. The Morgan fingerprint density at radius 3 is 2.64 bits per heavy atom. The molecule has 1 unspecified atom stereocenters. The Hall–Kier alpha value is -3.22. The molecule has 0 radical (unpaired) electrons. The van der Waals surface area contributed by atoms with Crippen LogP contribution in [0.4, 0.5) is 10.7 Å². The van der Waals surface area contributed by atoms with Crippen molar-refractivity contribution >= 4 is 23.1 Å². The smallest absolute Gasteiger partial charge is 0.407 e. The minimum Gasteiger partial charge on any atom is -0.497 e. The fourth-order valence-corrected chi connectivity index (χ4v) is 4.33. The number of carbonyl (C=O) groups excluding carboxylic acids is 1. The number of ether oxygens (including phenoxy) is 2. The molecule has 176 valence electrons. The molecule has 4 rings (SSSR count). The monoisotopic (exact) mass is 450 g/mol. The number of carbonyl (C=O) groups is 1. The average Bonchev–Trinajstić information content (AvgIpc) is 3.16. The van der Waals surface area contributed by atoms with Gasteiger partial charge in [-0.05, 0) is 69.4 Å². The van der Waals surface area contributed by atoms with Gasteiger partial charge in [0.1, 0.15) is 11.4 Å². The van der Waals surface area contributed by atoms with Gasteiger partial charge < -0.3 is 24.3 Å². The minimum atomic E-state index is -0.491. The van der Waals surface area contributed by atoms with E-state index in [9.17, 15) is 4.79 Å². The van der Waals surface area contributed by atoms with Gasteiger partial charge in [-0.3, -0.25) is 0 Å². The van der Waals surface area contributed by atoms with E-state index in [2.05, 4.69) is 45.1 Å². The molecule has 0 spiro atoms. The lowest BCUT2D eigenvalue weighted by molar-refractivity contribution is 0.0517. The molecule has 3 aromatic rings. The third-order valence-corrected chi connectivity index (χ3v) is 5.87. The number of aromatic nitrogens is 2. The number of imidazole rings is 1. The Morgan fingerprint density at radius 2 is 1.91 bits per heavy atom. The molecule has 0 bridgehead atoms. The van der Waals surface area contributed by atoms with Crippen LogP contribution in [0.1, 0.15) is 39.2 Å². The second-order valence-corrected chi connectivity index (χ2v) is 9.67. The summed E-state index contributed by atoms with van der Waals surface area (Å²) in [5, 5.41) is 2.95. The van der Waals surface area contributed by atoms with Crippen molar-refractivity contribution in [2.75, 3.05) is 31.6 Å². The van der Waals surface area contributed by atoms with E-state index in [4.69, 9.17) is 14.5 Å². The van der Waals surface area contributed by atoms with Crippen LogP contribution in [0.3, 0.4) is 0 Å². The molecular formula is C26H34N4O3. The minimum absolute atomic E-state index is 0.348. The van der Waals surface area contributed by atoms with Gasteiger partial charge in [0.15, 0.2) is 0 Å². The number of amides is 1. The molecule has 1 atom stereocenters. The van der Waals surface area contributed by atoms with Crippen LogP contribution < -0.4 is 15.0 Å². The van der Waals surface area contributed by atoms with Crippen LogP contribution in [0.15, 0.2) is 48.5 Å². The number of rotatable bonds is 6. The molecule has 1 saturated heterocycles. The molecule has 1 aliphatic rings. The van der Waals surface area contributed by atoms with E-state index < -0.39 is 5.60 Å². The third-order valence-electron chi connectivity index (χ3n) is 5.87. The van der Waals surface area contributed by atoms with Crippen molar-refractivity contribution in [1.82, 2.24) is 14.9 Å². The van der Waals surface area contributed by atoms with Crippen molar-refractivity contribution in [1.29, 1.82) is 0 Å². The molecule has 2 heterocycles. The topological polar surface area (TPSA) is 68.6 Å². The van der Waals surface area contributed by atoms with Gasteiger partial charge in [-0.1, -0.05) is 24.3 Å². The summed E-state index contributed by atoms with van der Waals surface area (Å²) in [6.45, 7) is 8.77. The Balaban J connectivity index is 1.52. The number of hydrogen-bond acceptors (Lipinski definition) is 5. The number of fused-ring (bicyclic) bond motifs is 1. The zero-order valence-electron chi connectivity index (χ0n) is 20.0. The standard InChI is InChI=1S/C26H34N4O3/c1-26(2,3)33-25(31)27-16-20-8-7-15-29(17-20)24-28-22-9-5-6-10-23(22)30(24)18-19-11-13-21(32-4)14-12-19/h5-6,9-14,20H,7-8,15-18H2,1-4H3,(H,27,31). The molecule has 2 aromatic carbocycles. The van der Waals surface area contributed by atoms with Gasteiger partial charge in [-0.2, -0.15) is 0 Å². The number of nitrogens with zero attached hydrogens (tertiary/aromatic N) is 3. The highest BCUT2D eigenvalue weighted by molar-refractivity contribution is 5.79. The zero-order valence-corrected chi connectivity index (χ0v) is 20.0. The second-order valence-electron chi connectivity index (χ2n) is 9.67. The maximum atomic E-state index is 12.1. The molecule has 0 saturated carbocycles. The molecular weight excluding hydrogens is 416 g/mol. The summed E-state index contributed by atoms with van der Waals surface area (Å²) in [5.41, 5.74) is 2.82. The van der Waals surface area contributed by atoms with E-state index in [-0.39, 0.29) is 6.09 Å². The highest BCUT2D eigenvalue weighted by atomic mass is 16.6. The Labute approximate surface area is 195 Å². The van der Waals surface area contributed by atoms with Gasteiger partial charge in [0, 0.05) is 19.6 Å².